The van der Waals surface area contributed by atoms with Crippen LogP contribution < -0.4 is 4.74 Å². The van der Waals surface area contributed by atoms with Gasteiger partial charge in [-0.15, -0.1) is 0 Å². The summed E-state index contributed by atoms with van der Waals surface area (Å²) < 4.78 is 11.7. The predicted octanol–water partition coefficient (Wildman–Crippen LogP) is 6.05. The monoisotopic (exact) mass is 579 g/mol. The summed E-state index contributed by atoms with van der Waals surface area (Å²) in [5.41, 5.74) is 1.81. The Kier molecular flexibility index (Phi) is 9.87. The maximum Gasteiger partial charge on any atom is 0.335 e. The van der Waals surface area contributed by atoms with E-state index in [1.165, 1.54) is 17.7 Å². The Balaban J connectivity index is 1.20. The molecule has 1 aliphatic heterocycles. The fourth-order valence-electron chi connectivity index (χ4n) is 5.46. The molecule has 5 rings (SSSR count). The molecule has 4 aromatic rings. The summed E-state index contributed by atoms with van der Waals surface area (Å²) in [5, 5.41) is 21.1. The SMILES string of the molecule is O=C(CC(O)(c1ccccc1)c1cccc(OCc2ccc(C(=O)O)cc2)c1)OCC1CCN(Cc2ccccc2)CC1. The first kappa shape index (κ1) is 30.0. The Morgan fingerprint density at radius 1 is 0.791 bits per heavy atom. The van der Waals surface area contributed by atoms with Crippen LogP contribution in [0.2, 0.25) is 0 Å². The maximum absolute atomic E-state index is 13.2. The lowest BCUT2D eigenvalue weighted by molar-refractivity contribution is -0.150. The van der Waals surface area contributed by atoms with Crippen LogP contribution in [-0.2, 0) is 28.3 Å². The molecule has 0 radical (unpaired) electrons. The number of hydrogen-bond donors (Lipinski definition) is 2. The lowest BCUT2D eigenvalue weighted by Crippen LogP contribution is -2.36. The molecule has 1 aliphatic rings. The van der Waals surface area contributed by atoms with Gasteiger partial charge in [0.1, 0.15) is 18.0 Å². The van der Waals surface area contributed by atoms with E-state index in [0.717, 1.165) is 38.0 Å². The summed E-state index contributed by atoms with van der Waals surface area (Å²) in [6.07, 6.45) is 1.69. The highest BCUT2D eigenvalue weighted by Gasteiger charge is 2.35. The number of nitrogens with zero attached hydrogens (tertiary/aromatic N) is 1. The quantitative estimate of drug-likeness (QED) is 0.197. The second kappa shape index (κ2) is 14.1. The van der Waals surface area contributed by atoms with Crippen LogP contribution in [0, 0.1) is 5.92 Å². The van der Waals surface area contributed by atoms with Crippen LogP contribution in [0.25, 0.3) is 0 Å². The van der Waals surface area contributed by atoms with Crippen LogP contribution in [-0.4, -0.2) is 46.7 Å². The fraction of sp³-hybridized carbons (Fsp3) is 0.278. The van der Waals surface area contributed by atoms with Gasteiger partial charge in [-0.05, 0) is 78.4 Å². The summed E-state index contributed by atoms with van der Waals surface area (Å²) in [6.45, 7) is 3.41. The van der Waals surface area contributed by atoms with Gasteiger partial charge in [0.05, 0.1) is 18.6 Å². The average molecular weight is 580 g/mol. The van der Waals surface area contributed by atoms with Crippen LogP contribution in [0.4, 0.5) is 0 Å². The minimum absolute atomic E-state index is 0.207. The molecule has 1 saturated heterocycles. The van der Waals surface area contributed by atoms with Crippen molar-refractivity contribution >= 4 is 11.9 Å². The minimum atomic E-state index is -1.61. The largest absolute Gasteiger partial charge is 0.489 e. The molecule has 4 aromatic carbocycles. The van der Waals surface area contributed by atoms with Crippen molar-refractivity contribution in [2.75, 3.05) is 19.7 Å². The van der Waals surface area contributed by atoms with E-state index >= 15 is 0 Å². The van der Waals surface area contributed by atoms with Crippen molar-refractivity contribution < 1.29 is 29.3 Å². The molecular formula is C36H37NO6. The number of carboxylic acid groups (broad SMARTS) is 1. The van der Waals surface area contributed by atoms with Crippen molar-refractivity contribution in [1.82, 2.24) is 4.90 Å². The lowest BCUT2D eigenvalue weighted by Gasteiger charge is -2.32. The van der Waals surface area contributed by atoms with Gasteiger partial charge in [-0.2, -0.15) is 0 Å². The van der Waals surface area contributed by atoms with E-state index in [2.05, 4.69) is 29.2 Å². The summed E-state index contributed by atoms with van der Waals surface area (Å²) in [5.74, 6) is -0.627. The number of carbonyl (C=O) groups excluding carboxylic acids is 1. The standard InChI is InChI=1S/C36H37NO6/c38-34(43-26-29-18-20-37(21-19-29)24-27-8-3-1-4-9-27)23-36(41,31-10-5-2-6-11-31)32-12-7-13-33(22-32)42-25-28-14-16-30(17-15-28)35(39)40/h1-17,22,29,41H,18-21,23-26H2,(H,39,40). The Hall–Kier alpha value is -4.46. The molecule has 222 valence electrons. The molecule has 0 spiro atoms. The number of hydrogen-bond acceptors (Lipinski definition) is 6. The van der Waals surface area contributed by atoms with Gasteiger partial charge in [-0.1, -0.05) is 84.9 Å². The van der Waals surface area contributed by atoms with Crippen molar-refractivity contribution in [3.8, 4) is 5.75 Å². The average Bonchev–Trinajstić information content (AvgIpc) is 3.04. The maximum atomic E-state index is 13.2. The molecule has 1 unspecified atom stereocenters. The molecule has 2 N–H and O–H groups in total. The first-order chi connectivity index (χ1) is 20.9. The minimum Gasteiger partial charge on any atom is -0.489 e. The van der Waals surface area contributed by atoms with Gasteiger partial charge in [0.15, 0.2) is 0 Å². The van der Waals surface area contributed by atoms with E-state index < -0.39 is 17.5 Å². The molecule has 7 heteroatoms. The summed E-state index contributed by atoms with van der Waals surface area (Å²) in [7, 11) is 0. The van der Waals surface area contributed by atoms with Crippen molar-refractivity contribution in [1.29, 1.82) is 0 Å². The van der Waals surface area contributed by atoms with E-state index in [1.54, 1.807) is 48.5 Å². The zero-order valence-electron chi connectivity index (χ0n) is 24.1. The van der Waals surface area contributed by atoms with Gasteiger partial charge in [0.2, 0.25) is 0 Å². The van der Waals surface area contributed by atoms with Crippen LogP contribution in [0.5, 0.6) is 5.75 Å². The Morgan fingerprint density at radius 3 is 2.12 bits per heavy atom. The van der Waals surface area contributed by atoms with Crippen LogP contribution in [0.15, 0.2) is 109 Å². The van der Waals surface area contributed by atoms with E-state index in [1.807, 2.05) is 24.3 Å². The van der Waals surface area contributed by atoms with Crippen LogP contribution in [0.3, 0.4) is 0 Å². The first-order valence-corrected chi connectivity index (χ1v) is 14.6. The topological polar surface area (TPSA) is 96.3 Å². The summed E-state index contributed by atoms with van der Waals surface area (Å²) in [4.78, 5) is 26.7. The number of carboxylic acids is 1. The Morgan fingerprint density at radius 2 is 1.44 bits per heavy atom. The van der Waals surface area contributed by atoms with E-state index in [9.17, 15) is 14.7 Å². The number of likely N-dealkylation sites (tertiary alicyclic amines) is 1. The van der Waals surface area contributed by atoms with Crippen molar-refractivity contribution in [3.63, 3.8) is 0 Å². The molecule has 0 aliphatic carbocycles. The third-order valence-corrected chi connectivity index (χ3v) is 8.01. The number of aromatic carboxylic acids is 1. The molecule has 1 fully saturated rings. The molecule has 0 aromatic heterocycles. The second-order valence-electron chi connectivity index (χ2n) is 11.1. The number of piperidine rings is 1. The summed E-state index contributed by atoms with van der Waals surface area (Å²) >= 11 is 0. The highest BCUT2D eigenvalue weighted by Crippen LogP contribution is 2.35. The fourth-order valence-corrected chi connectivity index (χ4v) is 5.46. The smallest absolute Gasteiger partial charge is 0.335 e. The molecule has 0 amide bonds. The van der Waals surface area contributed by atoms with Crippen molar-refractivity contribution in [3.05, 3.63) is 137 Å². The van der Waals surface area contributed by atoms with E-state index in [0.29, 0.717) is 29.4 Å². The Labute approximate surface area is 252 Å². The highest BCUT2D eigenvalue weighted by atomic mass is 16.5. The molecule has 1 atom stereocenters. The lowest BCUT2D eigenvalue weighted by atomic mass is 9.83. The number of ether oxygens (including phenoxy) is 2. The van der Waals surface area contributed by atoms with E-state index in [-0.39, 0.29) is 18.6 Å². The zero-order chi connectivity index (χ0) is 30.1. The van der Waals surface area contributed by atoms with Crippen LogP contribution >= 0.6 is 0 Å². The molecule has 7 nitrogen and oxygen atoms in total. The van der Waals surface area contributed by atoms with Gasteiger partial charge in [-0.25, -0.2) is 4.79 Å². The normalized spacial score (nSPS) is 15.4. The molecular weight excluding hydrogens is 542 g/mol. The molecule has 0 saturated carbocycles. The van der Waals surface area contributed by atoms with Gasteiger partial charge in [0.25, 0.3) is 0 Å². The number of esters is 1. The third-order valence-electron chi connectivity index (χ3n) is 8.01. The molecule has 43 heavy (non-hydrogen) atoms. The second-order valence-corrected chi connectivity index (χ2v) is 11.1. The number of benzene rings is 4. The number of aliphatic hydroxyl groups is 1. The number of rotatable bonds is 12. The van der Waals surface area contributed by atoms with Crippen LogP contribution in [0.1, 0.15) is 51.9 Å². The van der Waals surface area contributed by atoms with Crippen molar-refractivity contribution in [2.45, 2.75) is 38.0 Å². The van der Waals surface area contributed by atoms with Gasteiger partial charge < -0.3 is 19.7 Å². The summed E-state index contributed by atoms with van der Waals surface area (Å²) in [6, 6.07) is 33.1. The first-order valence-electron chi connectivity index (χ1n) is 14.6. The highest BCUT2D eigenvalue weighted by molar-refractivity contribution is 5.87. The molecule has 1 heterocycles. The van der Waals surface area contributed by atoms with E-state index in [4.69, 9.17) is 14.6 Å². The van der Waals surface area contributed by atoms with Gasteiger partial charge in [0, 0.05) is 6.54 Å². The Bertz CT molecular complexity index is 1480. The van der Waals surface area contributed by atoms with Gasteiger partial charge in [-0.3, -0.25) is 9.69 Å². The zero-order valence-corrected chi connectivity index (χ0v) is 24.1. The predicted molar refractivity (Wildman–Crippen MR) is 164 cm³/mol. The van der Waals surface area contributed by atoms with Crippen molar-refractivity contribution in [2.24, 2.45) is 5.92 Å². The number of carbonyl (C=O) groups is 2. The van der Waals surface area contributed by atoms with Gasteiger partial charge >= 0.3 is 11.9 Å². The third kappa shape index (κ3) is 8.09. The molecule has 0 bridgehead atoms.